The molecule has 2 N–H and O–H groups in total. The molecule has 3 aromatic carbocycles. The number of hydrogen-bond acceptors (Lipinski definition) is 6. The van der Waals surface area contributed by atoms with Crippen molar-refractivity contribution in [3.8, 4) is 17.6 Å². The lowest BCUT2D eigenvalue weighted by Gasteiger charge is -2.21. The number of methoxy groups -OCH3 is 1. The summed E-state index contributed by atoms with van der Waals surface area (Å²) < 4.78 is 11.5. The SMILES string of the molecule is COc1cc(C(Nc2ccc(C#N)cc2)C(=O)NCc2ccccc2)ccc1OCc1ccccn1. The molecule has 7 nitrogen and oxygen atoms in total. The molecule has 1 aromatic heterocycles. The van der Waals surface area contributed by atoms with Gasteiger partial charge in [-0.2, -0.15) is 5.26 Å². The summed E-state index contributed by atoms with van der Waals surface area (Å²) in [4.78, 5) is 17.6. The van der Waals surface area contributed by atoms with Crippen molar-refractivity contribution in [2.75, 3.05) is 12.4 Å². The van der Waals surface area contributed by atoms with Gasteiger partial charge in [-0.1, -0.05) is 42.5 Å². The largest absolute Gasteiger partial charge is 0.493 e. The van der Waals surface area contributed by atoms with Crippen LogP contribution in [-0.2, 0) is 17.9 Å². The Morgan fingerprint density at radius 1 is 0.972 bits per heavy atom. The van der Waals surface area contributed by atoms with Gasteiger partial charge in [0, 0.05) is 18.4 Å². The van der Waals surface area contributed by atoms with Gasteiger partial charge in [0.15, 0.2) is 11.5 Å². The highest BCUT2D eigenvalue weighted by molar-refractivity contribution is 5.86. The number of hydrogen-bond donors (Lipinski definition) is 2. The van der Waals surface area contributed by atoms with E-state index in [-0.39, 0.29) is 5.91 Å². The molecular weight excluding hydrogens is 452 g/mol. The lowest BCUT2D eigenvalue weighted by atomic mass is 10.0. The van der Waals surface area contributed by atoms with Crippen LogP contribution in [0.25, 0.3) is 0 Å². The molecular formula is C29H26N4O3. The van der Waals surface area contributed by atoms with Crippen LogP contribution in [0.2, 0.25) is 0 Å². The highest BCUT2D eigenvalue weighted by Crippen LogP contribution is 2.32. The predicted octanol–water partition coefficient (Wildman–Crippen LogP) is 5.01. The van der Waals surface area contributed by atoms with Crippen molar-refractivity contribution < 1.29 is 14.3 Å². The first kappa shape index (κ1) is 24.3. The van der Waals surface area contributed by atoms with Crippen molar-refractivity contribution in [2.24, 2.45) is 0 Å². The fourth-order valence-electron chi connectivity index (χ4n) is 3.61. The Labute approximate surface area is 210 Å². The number of amides is 1. The molecule has 0 aliphatic heterocycles. The van der Waals surface area contributed by atoms with Crippen LogP contribution in [0.3, 0.4) is 0 Å². The van der Waals surface area contributed by atoms with Gasteiger partial charge in [0.25, 0.3) is 0 Å². The minimum absolute atomic E-state index is 0.201. The highest BCUT2D eigenvalue weighted by atomic mass is 16.5. The van der Waals surface area contributed by atoms with Gasteiger partial charge in [0.05, 0.1) is 24.4 Å². The van der Waals surface area contributed by atoms with E-state index in [1.807, 2.05) is 54.6 Å². The molecule has 7 heteroatoms. The summed E-state index contributed by atoms with van der Waals surface area (Å²) >= 11 is 0. The second kappa shape index (κ2) is 12.0. The molecule has 4 aromatic rings. The molecule has 36 heavy (non-hydrogen) atoms. The van der Waals surface area contributed by atoms with Crippen LogP contribution in [-0.4, -0.2) is 18.0 Å². The van der Waals surface area contributed by atoms with Gasteiger partial charge in [-0.05, 0) is 59.7 Å². The number of carbonyl (C=O) groups excluding carboxylic acids is 1. The first-order valence-electron chi connectivity index (χ1n) is 11.5. The Morgan fingerprint density at radius 3 is 2.44 bits per heavy atom. The van der Waals surface area contributed by atoms with Gasteiger partial charge in [-0.25, -0.2) is 0 Å². The van der Waals surface area contributed by atoms with Crippen molar-refractivity contribution in [2.45, 2.75) is 19.2 Å². The number of nitriles is 1. The lowest BCUT2D eigenvalue weighted by molar-refractivity contribution is -0.122. The maximum atomic E-state index is 13.3. The molecule has 1 unspecified atom stereocenters. The third kappa shape index (κ3) is 6.39. The van der Waals surface area contributed by atoms with E-state index in [1.54, 1.807) is 49.7 Å². The molecule has 1 heterocycles. The summed E-state index contributed by atoms with van der Waals surface area (Å²) in [6.07, 6.45) is 1.71. The Kier molecular flexibility index (Phi) is 8.13. The van der Waals surface area contributed by atoms with Gasteiger partial charge in [0.2, 0.25) is 5.91 Å². The number of anilines is 1. The summed E-state index contributed by atoms with van der Waals surface area (Å²) in [6.45, 7) is 0.689. The average molecular weight is 479 g/mol. The zero-order valence-electron chi connectivity index (χ0n) is 19.8. The number of benzene rings is 3. The Bertz CT molecular complexity index is 1320. The standard InChI is InChI=1S/C29H26N4O3/c1-35-27-17-23(12-15-26(27)36-20-25-9-5-6-16-31-25)28(33-24-13-10-21(18-30)11-14-24)29(34)32-19-22-7-3-2-4-8-22/h2-17,28,33H,19-20H2,1H3,(H,32,34). The van der Waals surface area contributed by atoms with Gasteiger partial charge < -0.3 is 20.1 Å². The van der Waals surface area contributed by atoms with E-state index in [0.29, 0.717) is 41.5 Å². The van der Waals surface area contributed by atoms with E-state index in [4.69, 9.17) is 14.7 Å². The fraction of sp³-hybridized carbons (Fsp3) is 0.138. The number of carbonyl (C=O) groups is 1. The van der Waals surface area contributed by atoms with Crippen LogP contribution < -0.4 is 20.1 Å². The molecule has 0 spiro atoms. The van der Waals surface area contributed by atoms with Crippen LogP contribution >= 0.6 is 0 Å². The summed E-state index contributed by atoms with van der Waals surface area (Å²) in [5, 5.41) is 15.4. The van der Waals surface area contributed by atoms with Crippen molar-refractivity contribution >= 4 is 11.6 Å². The van der Waals surface area contributed by atoms with Gasteiger partial charge in [-0.15, -0.1) is 0 Å². The summed E-state index contributed by atoms with van der Waals surface area (Å²) in [5.74, 6) is 0.854. The van der Waals surface area contributed by atoms with Crippen LogP contribution in [0, 0.1) is 11.3 Å². The second-order valence-corrected chi connectivity index (χ2v) is 7.99. The zero-order chi connectivity index (χ0) is 25.2. The number of pyridine rings is 1. The van der Waals surface area contributed by atoms with E-state index in [2.05, 4.69) is 21.7 Å². The molecule has 1 amide bonds. The molecule has 180 valence electrons. The Morgan fingerprint density at radius 2 is 1.75 bits per heavy atom. The second-order valence-electron chi connectivity index (χ2n) is 7.99. The molecule has 0 fully saturated rings. The smallest absolute Gasteiger partial charge is 0.247 e. The first-order valence-corrected chi connectivity index (χ1v) is 11.5. The van der Waals surface area contributed by atoms with E-state index >= 15 is 0 Å². The normalized spacial score (nSPS) is 11.1. The van der Waals surface area contributed by atoms with E-state index < -0.39 is 6.04 Å². The van der Waals surface area contributed by atoms with E-state index in [0.717, 1.165) is 11.3 Å². The first-order chi connectivity index (χ1) is 17.7. The molecule has 0 aliphatic rings. The third-order valence-corrected chi connectivity index (χ3v) is 5.52. The van der Waals surface area contributed by atoms with Crippen LogP contribution in [0.4, 0.5) is 5.69 Å². The van der Waals surface area contributed by atoms with Crippen molar-refractivity contribution in [3.05, 3.63) is 120 Å². The van der Waals surface area contributed by atoms with Crippen molar-refractivity contribution in [1.29, 1.82) is 5.26 Å². The molecule has 0 radical (unpaired) electrons. The zero-order valence-corrected chi connectivity index (χ0v) is 19.8. The number of ether oxygens (including phenoxy) is 2. The summed E-state index contributed by atoms with van der Waals surface area (Å²) in [5.41, 5.74) is 3.75. The number of nitrogens with one attached hydrogen (secondary N) is 2. The van der Waals surface area contributed by atoms with Crippen LogP contribution in [0.15, 0.2) is 97.2 Å². The summed E-state index contributed by atoms with van der Waals surface area (Å²) in [6, 6.07) is 29.1. The van der Waals surface area contributed by atoms with E-state index in [9.17, 15) is 4.79 Å². The number of rotatable bonds is 10. The van der Waals surface area contributed by atoms with Gasteiger partial charge in [0.1, 0.15) is 12.6 Å². The lowest BCUT2D eigenvalue weighted by Crippen LogP contribution is -2.33. The third-order valence-electron chi connectivity index (χ3n) is 5.52. The average Bonchev–Trinajstić information content (AvgIpc) is 2.95. The molecule has 4 rings (SSSR count). The van der Waals surface area contributed by atoms with Gasteiger partial charge >= 0.3 is 0 Å². The van der Waals surface area contributed by atoms with Gasteiger partial charge in [-0.3, -0.25) is 9.78 Å². The minimum Gasteiger partial charge on any atom is -0.493 e. The molecule has 0 aliphatic carbocycles. The Hall–Kier alpha value is -4.83. The molecule has 0 bridgehead atoms. The van der Waals surface area contributed by atoms with Crippen LogP contribution in [0.5, 0.6) is 11.5 Å². The maximum Gasteiger partial charge on any atom is 0.247 e. The maximum absolute atomic E-state index is 13.3. The van der Waals surface area contributed by atoms with E-state index in [1.165, 1.54) is 0 Å². The monoisotopic (exact) mass is 478 g/mol. The number of aromatic nitrogens is 1. The molecule has 0 saturated carbocycles. The Balaban J connectivity index is 1.56. The summed E-state index contributed by atoms with van der Waals surface area (Å²) in [7, 11) is 1.56. The quantitative estimate of drug-likeness (QED) is 0.333. The van der Waals surface area contributed by atoms with Crippen molar-refractivity contribution in [1.82, 2.24) is 10.3 Å². The fourth-order valence-corrected chi connectivity index (χ4v) is 3.61. The van der Waals surface area contributed by atoms with Crippen molar-refractivity contribution in [3.63, 3.8) is 0 Å². The molecule has 1 atom stereocenters. The number of nitrogens with zero attached hydrogens (tertiary/aromatic N) is 2. The van der Waals surface area contributed by atoms with Crippen LogP contribution in [0.1, 0.15) is 28.4 Å². The topological polar surface area (TPSA) is 96.3 Å². The predicted molar refractivity (Wildman–Crippen MR) is 137 cm³/mol. The highest BCUT2D eigenvalue weighted by Gasteiger charge is 2.22. The minimum atomic E-state index is -0.708. The molecule has 0 saturated heterocycles.